The molecule has 0 bridgehead atoms. The number of hydrogen-bond acceptors (Lipinski definition) is 3. The first-order valence-corrected chi connectivity index (χ1v) is 9.15. The number of likely N-dealkylation sites (tertiary alicyclic amines) is 1. The Hall–Kier alpha value is -0.850. The molecule has 21 heavy (non-hydrogen) atoms. The smallest absolute Gasteiger partial charge is 0.261 e. The van der Waals surface area contributed by atoms with Crippen molar-refractivity contribution in [2.75, 3.05) is 13.1 Å². The quantitative estimate of drug-likeness (QED) is 0.783. The highest BCUT2D eigenvalue weighted by Gasteiger charge is 2.29. The first kappa shape index (κ1) is 16.5. The molecule has 116 valence electrons. The van der Waals surface area contributed by atoms with Crippen molar-refractivity contribution in [1.29, 1.82) is 0 Å². The van der Waals surface area contributed by atoms with E-state index in [4.69, 9.17) is 22.3 Å². The SMILES string of the molecule is CCC1CCN(C(=O)c2cc(S(=O)(=O)Cl)cc(F)c2Cl)C1. The Morgan fingerprint density at radius 1 is 1.48 bits per heavy atom. The van der Waals surface area contributed by atoms with Crippen molar-refractivity contribution in [3.63, 3.8) is 0 Å². The molecule has 1 unspecified atom stereocenters. The molecule has 1 heterocycles. The van der Waals surface area contributed by atoms with Crippen LogP contribution in [0.15, 0.2) is 17.0 Å². The lowest BCUT2D eigenvalue weighted by Gasteiger charge is -2.17. The molecular weight excluding hydrogens is 340 g/mol. The first-order valence-electron chi connectivity index (χ1n) is 6.47. The van der Waals surface area contributed by atoms with Gasteiger partial charge in [0.05, 0.1) is 15.5 Å². The molecule has 1 aromatic carbocycles. The van der Waals surface area contributed by atoms with Gasteiger partial charge in [-0.25, -0.2) is 12.8 Å². The van der Waals surface area contributed by atoms with Crippen molar-refractivity contribution in [1.82, 2.24) is 4.90 Å². The fourth-order valence-electron chi connectivity index (χ4n) is 2.38. The Morgan fingerprint density at radius 2 is 2.14 bits per heavy atom. The summed E-state index contributed by atoms with van der Waals surface area (Å²) < 4.78 is 36.4. The largest absolute Gasteiger partial charge is 0.338 e. The maximum absolute atomic E-state index is 13.7. The maximum Gasteiger partial charge on any atom is 0.261 e. The van der Waals surface area contributed by atoms with E-state index in [1.54, 1.807) is 4.90 Å². The summed E-state index contributed by atoms with van der Waals surface area (Å²) in [5.74, 6) is -1.05. The summed E-state index contributed by atoms with van der Waals surface area (Å²) in [6.45, 7) is 3.14. The summed E-state index contributed by atoms with van der Waals surface area (Å²) in [4.78, 5) is 13.5. The molecule has 1 aliphatic rings. The molecule has 0 spiro atoms. The molecule has 0 aliphatic carbocycles. The summed E-state index contributed by atoms with van der Waals surface area (Å²) in [7, 11) is 1.07. The molecule has 0 N–H and O–H groups in total. The molecule has 0 aromatic heterocycles. The van der Waals surface area contributed by atoms with E-state index >= 15 is 0 Å². The average Bonchev–Trinajstić information content (AvgIpc) is 2.88. The van der Waals surface area contributed by atoms with Crippen LogP contribution in [0.3, 0.4) is 0 Å². The van der Waals surface area contributed by atoms with Crippen molar-refractivity contribution in [3.05, 3.63) is 28.5 Å². The minimum atomic E-state index is -4.13. The molecular formula is C13H14Cl2FNO3S. The lowest BCUT2D eigenvalue weighted by atomic mass is 10.1. The highest BCUT2D eigenvalue weighted by Crippen LogP contribution is 2.29. The van der Waals surface area contributed by atoms with E-state index in [-0.39, 0.29) is 10.6 Å². The van der Waals surface area contributed by atoms with Crippen LogP contribution in [-0.4, -0.2) is 32.3 Å². The second-order valence-corrected chi connectivity index (χ2v) is 7.96. The topological polar surface area (TPSA) is 54.5 Å². The lowest BCUT2D eigenvalue weighted by molar-refractivity contribution is 0.0786. The summed E-state index contributed by atoms with van der Waals surface area (Å²) >= 11 is 5.80. The number of halogens is 3. The Balaban J connectivity index is 2.39. The number of carbonyl (C=O) groups excluding carboxylic acids is 1. The van der Waals surface area contributed by atoms with Crippen LogP contribution >= 0.6 is 22.3 Å². The van der Waals surface area contributed by atoms with Gasteiger partial charge in [0.15, 0.2) is 0 Å². The minimum Gasteiger partial charge on any atom is -0.338 e. The standard InChI is InChI=1S/C13H14Cl2FNO3S/c1-2-8-3-4-17(7-8)13(18)10-5-9(21(15,19)20)6-11(16)12(10)14/h5-6,8H,2-4,7H2,1H3. The van der Waals surface area contributed by atoms with E-state index in [1.807, 2.05) is 6.92 Å². The van der Waals surface area contributed by atoms with Crippen LogP contribution in [0, 0.1) is 11.7 Å². The van der Waals surface area contributed by atoms with E-state index in [0.717, 1.165) is 18.9 Å². The normalized spacial score (nSPS) is 19.0. The monoisotopic (exact) mass is 353 g/mol. The van der Waals surface area contributed by atoms with Gasteiger partial charge in [-0.1, -0.05) is 24.9 Å². The van der Waals surface area contributed by atoms with Gasteiger partial charge in [0.2, 0.25) is 0 Å². The van der Waals surface area contributed by atoms with E-state index in [2.05, 4.69) is 0 Å². The van der Waals surface area contributed by atoms with Crippen LogP contribution in [0.25, 0.3) is 0 Å². The lowest BCUT2D eigenvalue weighted by Crippen LogP contribution is -2.29. The zero-order valence-electron chi connectivity index (χ0n) is 11.3. The van der Waals surface area contributed by atoms with Crippen molar-refractivity contribution in [3.8, 4) is 0 Å². The number of rotatable bonds is 3. The van der Waals surface area contributed by atoms with Crippen LogP contribution in [0.1, 0.15) is 30.1 Å². The molecule has 1 atom stereocenters. The van der Waals surface area contributed by atoms with Crippen LogP contribution in [-0.2, 0) is 9.05 Å². The van der Waals surface area contributed by atoms with E-state index < -0.39 is 25.7 Å². The average molecular weight is 354 g/mol. The second kappa shape index (κ2) is 6.10. The van der Waals surface area contributed by atoms with E-state index in [0.29, 0.717) is 25.1 Å². The van der Waals surface area contributed by atoms with Crippen LogP contribution in [0.4, 0.5) is 4.39 Å². The fourth-order valence-corrected chi connectivity index (χ4v) is 3.34. The molecule has 2 rings (SSSR count). The molecule has 1 amide bonds. The van der Waals surface area contributed by atoms with Crippen LogP contribution in [0.5, 0.6) is 0 Å². The predicted molar refractivity (Wildman–Crippen MR) is 78.8 cm³/mol. The Kier molecular flexibility index (Phi) is 4.80. The summed E-state index contributed by atoms with van der Waals surface area (Å²) in [6.07, 6.45) is 1.82. The minimum absolute atomic E-state index is 0.173. The summed E-state index contributed by atoms with van der Waals surface area (Å²) in [5, 5.41) is -0.385. The molecule has 1 saturated heterocycles. The Morgan fingerprint density at radius 3 is 2.67 bits per heavy atom. The second-order valence-electron chi connectivity index (χ2n) is 5.02. The van der Waals surface area contributed by atoms with E-state index in [1.165, 1.54) is 0 Å². The summed E-state index contributed by atoms with van der Waals surface area (Å²) in [5.41, 5.74) is -0.173. The van der Waals surface area contributed by atoms with Gasteiger partial charge >= 0.3 is 0 Å². The zero-order chi connectivity index (χ0) is 15.8. The fraction of sp³-hybridized carbons (Fsp3) is 0.462. The van der Waals surface area contributed by atoms with Crippen molar-refractivity contribution >= 4 is 37.2 Å². The van der Waals surface area contributed by atoms with Gasteiger partial charge in [-0.3, -0.25) is 4.79 Å². The maximum atomic E-state index is 13.7. The van der Waals surface area contributed by atoms with Gasteiger partial charge in [-0.05, 0) is 24.5 Å². The van der Waals surface area contributed by atoms with Gasteiger partial charge in [-0.2, -0.15) is 0 Å². The van der Waals surface area contributed by atoms with Gasteiger partial charge < -0.3 is 4.90 Å². The molecule has 1 fully saturated rings. The van der Waals surface area contributed by atoms with Crippen molar-refractivity contribution in [2.45, 2.75) is 24.7 Å². The third-order valence-electron chi connectivity index (χ3n) is 3.66. The first-order chi connectivity index (χ1) is 9.74. The predicted octanol–water partition coefficient (Wildman–Crippen LogP) is 3.28. The van der Waals surface area contributed by atoms with Gasteiger partial charge in [0, 0.05) is 23.8 Å². The number of amides is 1. The summed E-state index contributed by atoms with van der Waals surface area (Å²) in [6, 6.07) is 1.73. The molecule has 0 radical (unpaired) electrons. The third kappa shape index (κ3) is 3.49. The number of carbonyl (C=O) groups is 1. The molecule has 1 aromatic rings. The van der Waals surface area contributed by atoms with Gasteiger partial charge in [-0.15, -0.1) is 0 Å². The molecule has 8 heteroatoms. The molecule has 4 nitrogen and oxygen atoms in total. The van der Waals surface area contributed by atoms with Crippen LogP contribution < -0.4 is 0 Å². The molecule has 0 saturated carbocycles. The Bertz CT molecular complexity index is 678. The highest BCUT2D eigenvalue weighted by atomic mass is 35.7. The molecule has 1 aliphatic heterocycles. The van der Waals surface area contributed by atoms with E-state index in [9.17, 15) is 17.6 Å². The number of benzene rings is 1. The number of nitrogens with zero attached hydrogens (tertiary/aromatic N) is 1. The van der Waals surface area contributed by atoms with Crippen molar-refractivity contribution in [2.24, 2.45) is 5.92 Å². The number of hydrogen-bond donors (Lipinski definition) is 0. The van der Waals surface area contributed by atoms with Crippen molar-refractivity contribution < 1.29 is 17.6 Å². The van der Waals surface area contributed by atoms with Gasteiger partial charge in [0.25, 0.3) is 15.0 Å². The highest BCUT2D eigenvalue weighted by molar-refractivity contribution is 8.13. The van der Waals surface area contributed by atoms with Gasteiger partial charge in [0.1, 0.15) is 5.82 Å². The zero-order valence-corrected chi connectivity index (χ0v) is 13.6. The van der Waals surface area contributed by atoms with Crippen LogP contribution in [0.2, 0.25) is 5.02 Å². The third-order valence-corrected chi connectivity index (χ3v) is 5.38. The Labute approximate surface area is 132 Å².